The van der Waals surface area contributed by atoms with Crippen molar-refractivity contribution in [2.45, 2.75) is 90.6 Å². The molecule has 1 saturated carbocycles. The first-order chi connectivity index (χ1) is 42.1. The molecule has 1 aliphatic carbocycles. The fourth-order valence-corrected chi connectivity index (χ4v) is 11.6. The number of anilines is 2. The van der Waals surface area contributed by atoms with Gasteiger partial charge in [-0.25, -0.2) is 13.8 Å². The molecule has 4 heterocycles. The Kier molecular flexibility index (Phi) is 19.7. The average molecular weight is 1210 g/mol. The second-order valence-corrected chi connectivity index (χ2v) is 22.9. The lowest BCUT2D eigenvalue weighted by molar-refractivity contribution is -0.143. The predicted octanol–water partition coefficient (Wildman–Crippen LogP) is 10.0. The lowest BCUT2D eigenvalue weighted by Crippen LogP contribution is -2.55. The largest absolute Gasteiger partial charge is 0.493 e. The van der Waals surface area contributed by atoms with Gasteiger partial charge in [-0.1, -0.05) is 44.2 Å². The summed E-state index contributed by atoms with van der Waals surface area (Å²) in [6.07, 6.45) is 3.18. The highest BCUT2D eigenvalue weighted by Gasteiger charge is 2.56. The number of carbonyl (C=O) groups is 5. The monoisotopic (exact) mass is 1210 g/mol. The standard InChI is InChI=1S/C65H69F2N7O12S/c1-39(2)58(74-36-43-10-5-6-11-48(43)61(74)77)62(78)73-37-47(75)32-52(73)60(76)69-35-42-13-12-41(59-40(3)70-38-87-59)30-55(42)84-28-8-26-82-24-7-25-83-27-9-29-85-57-34-51-49(33-56(57)81-4)53(20-23-68-51)86-54-19-18-46(31-50(54)67)72-64(80)65(21-22-65)63(79)71-45-16-14-44(66)15-17-45/h5-6,10-20,23,30-31,33-34,38-39,47,52,58,75H,7-9,21-22,24-29,32,35-37H2,1-4H3,(H,69,76)(H,71,79)(H,72,80). The van der Waals surface area contributed by atoms with Gasteiger partial charge in [0.05, 0.1) is 48.0 Å². The van der Waals surface area contributed by atoms with Gasteiger partial charge >= 0.3 is 0 Å². The maximum atomic E-state index is 15.5. The molecule has 3 atom stereocenters. The molecule has 3 aliphatic rings. The summed E-state index contributed by atoms with van der Waals surface area (Å²) >= 11 is 1.52. The number of methoxy groups -OCH3 is 1. The number of benzene rings is 5. The third kappa shape index (κ3) is 14.5. The molecule has 0 radical (unpaired) electrons. The van der Waals surface area contributed by atoms with Crippen LogP contribution < -0.4 is 34.9 Å². The Hall–Kier alpha value is -8.57. The number of carbonyl (C=O) groups excluding carboxylic acids is 5. The van der Waals surface area contributed by atoms with Crippen molar-refractivity contribution in [1.82, 2.24) is 25.1 Å². The molecule has 22 heteroatoms. The van der Waals surface area contributed by atoms with Crippen molar-refractivity contribution in [2.75, 3.05) is 63.9 Å². The number of aromatic nitrogens is 2. The maximum Gasteiger partial charge on any atom is 0.255 e. The Morgan fingerprint density at radius 1 is 0.770 bits per heavy atom. The van der Waals surface area contributed by atoms with Crippen LogP contribution in [0.15, 0.2) is 115 Å². The molecular formula is C65H69F2N7O12S. The number of rotatable bonds is 28. The van der Waals surface area contributed by atoms with Crippen molar-refractivity contribution in [3.05, 3.63) is 149 Å². The number of thiazole rings is 1. The van der Waals surface area contributed by atoms with Crippen LogP contribution in [0.2, 0.25) is 0 Å². The number of β-amino-alcohol motifs (C(OH)–C–C–N with tert-alkyl or cyclic N) is 1. The van der Waals surface area contributed by atoms with E-state index in [1.807, 2.05) is 51.1 Å². The van der Waals surface area contributed by atoms with E-state index < -0.39 is 53.0 Å². The molecule has 87 heavy (non-hydrogen) atoms. The van der Waals surface area contributed by atoms with E-state index in [9.17, 15) is 33.5 Å². The minimum Gasteiger partial charge on any atom is -0.493 e. The summed E-state index contributed by atoms with van der Waals surface area (Å²) < 4.78 is 64.7. The number of fused-ring (bicyclic) bond motifs is 2. The van der Waals surface area contributed by atoms with Crippen LogP contribution in [0, 0.1) is 29.9 Å². The van der Waals surface area contributed by atoms with Gasteiger partial charge < -0.3 is 59.3 Å². The lowest BCUT2D eigenvalue weighted by atomic mass is 10.0. The van der Waals surface area contributed by atoms with E-state index in [0.29, 0.717) is 123 Å². The van der Waals surface area contributed by atoms with Gasteiger partial charge in [-0.2, -0.15) is 0 Å². The molecule has 7 aromatic rings. The van der Waals surface area contributed by atoms with Gasteiger partial charge in [0.1, 0.15) is 34.8 Å². The SMILES string of the molecule is COc1cc2c(Oc3ccc(NC(=O)C4(C(=O)Nc5ccc(F)cc5)CC4)cc3F)ccnc2cc1OCCCOCCCOCCCOc1cc(-c2scnc2C)ccc1CNC(=O)C1CC(O)CN1C(=O)C(C(C)C)N1Cc2ccccc2C1=O. The number of aliphatic hydroxyl groups excluding tert-OH is 1. The van der Waals surface area contributed by atoms with Crippen molar-refractivity contribution in [2.24, 2.45) is 11.3 Å². The van der Waals surface area contributed by atoms with E-state index in [2.05, 4.69) is 25.9 Å². The highest BCUT2D eigenvalue weighted by Crippen LogP contribution is 2.48. The Labute approximate surface area is 506 Å². The number of hydrogen-bond donors (Lipinski definition) is 4. The molecule has 19 nitrogen and oxygen atoms in total. The molecule has 5 aromatic carbocycles. The Bertz CT molecular complexity index is 3640. The molecule has 3 unspecified atom stereocenters. The number of nitrogens with zero attached hydrogens (tertiary/aromatic N) is 4. The smallest absolute Gasteiger partial charge is 0.255 e. The molecule has 0 bridgehead atoms. The first-order valence-electron chi connectivity index (χ1n) is 29.0. The van der Waals surface area contributed by atoms with Crippen LogP contribution in [0.3, 0.4) is 0 Å². The number of pyridine rings is 1. The van der Waals surface area contributed by atoms with Crippen molar-refractivity contribution >= 4 is 63.2 Å². The molecule has 2 fully saturated rings. The third-order valence-electron chi connectivity index (χ3n) is 15.5. The molecule has 2 aromatic heterocycles. The van der Waals surface area contributed by atoms with Crippen molar-refractivity contribution in [3.8, 4) is 39.2 Å². The molecule has 5 amide bonds. The van der Waals surface area contributed by atoms with Crippen molar-refractivity contribution in [1.29, 1.82) is 0 Å². The minimum atomic E-state index is -1.32. The van der Waals surface area contributed by atoms with Gasteiger partial charge in [-0.15, -0.1) is 11.3 Å². The number of halogens is 2. The van der Waals surface area contributed by atoms with E-state index in [4.69, 9.17) is 28.4 Å². The van der Waals surface area contributed by atoms with Crippen LogP contribution in [0.25, 0.3) is 21.3 Å². The van der Waals surface area contributed by atoms with Gasteiger partial charge in [0, 0.05) is 112 Å². The number of amides is 5. The van der Waals surface area contributed by atoms with E-state index in [-0.39, 0.29) is 48.7 Å². The average Bonchev–Trinajstić information content (AvgIpc) is 1.79. The van der Waals surface area contributed by atoms with Crippen LogP contribution in [0.5, 0.6) is 28.7 Å². The molecule has 456 valence electrons. The first kappa shape index (κ1) is 61.5. The second-order valence-electron chi connectivity index (χ2n) is 22.0. The van der Waals surface area contributed by atoms with Crippen molar-refractivity contribution < 1.29 is 66.3 Å². The summed E-state index contributed by atoms with van der Waals surface area (Å²) in [5.41, 5.74) is 5.44. The summed E-state index contributed by atoms with van der Waals surface area (Å²) in [5.74, 6) is -1.92. The summed E-state index contributed by atoms with van der Waals surface area (Å²) in [4.78, 5) is 80.8. The number of hydrogen-bond acceptors (Lipinski definition) is 15. The highest BCUT2D eigenvalue weighted by molar-refractivity contribution is 7.13. The fourth-order valence-electron chi connectivity index (χ4n) is 10.8. The Balaban J connectivity index is 0.640. The number of aryl methyl sites for hydroxylation is 1. The van der Waals surface area contributed by atoms with Crippen molar-refractivity contribution in [3.63, 3.8) is 0 Å². The molecule has 4 N–H and O–H groups in total. The van der Waals surface area contributed by atoms with E-state index in [0.717, 1.165) is 33.3 Å². The summed E-state index contributed by atoms with van der Waals surface area (Å²) in [5, 5.41) is 19.6. The number of aliphatic hydroxyl groups is 1. The highest BCUT2D eigenvalue weighted by atomic mass is 32.1. The predicted molar refractivity (Wildman–Crippen MR) is 322 cm³/mol. The van der Waals surface area contributed by atoms with E-state index in [1.165, 1.54) is 65.9 Å². The van der Waals surface area contributed by atoms with Gasteiger partial charge in [0.25, 0.3) is 5.91 Å². The van der Waals surface area contributed by atoms with Gasteiger partial charge in [-0.3, -0.25) is 29.0 Å². The summed E-state index contributed by atoms with van der Waals surface area (Å²) in [7, 11) is 1.51. The Morgan fingerprint density at radius 2 is 1.46 bits per heavy atom. The minimum absolute atomic E-state index is 0.0152. The zero-order chi connectivity index (χ0) is 61.2. The van der Waals surface area contributed by atoms with Crippen LogP contribution >= 0.6 is 11.3 Å². The summed E-state index contributed by atoms with van der Waals surface area (Å²) in [6.45, 7) is 8.62. The number of nitrogens with one attached hydrogen (secondary N) is 3. The maximum absolute atomic E-state index is 15.5. The van der Waals surface area contributed by atoms with Gasteiger partial charge in [-0.05, 0) is 104 Å². The zero-order valence-electron chi connectivity index (χ0n) is 48.8. The first-order valence-corrected chi connectivity index (χ1v) is 29.9. The molecule has 0 spiro atoms. The van der Waals surface area contributed by atoms with E-state index >= 15 is 4.39 Å². The van der Waals surface area contributed by atoms with Crippen LogP contribution in [-0.4, -0.2) is 126 Å². The number of ether oxygens (including phenoxy) is 6. The normalized spacial score (nSPS) is 16.2. The van der Waals surface area contributed by atoms with Gasteiger partial charge in [0.15, 0.2) is 23.1 Å². The number of likely N-dealkylation sites (tertiary alicyclic amines) is 1. The van der Waals surface area contributed by atoms with Crippen LogP contribution in [0.1, 0.15) is 79.6 Å². The fraction of sp³-hybridized carbons (Fsp3) is 0.369. The zero-order valence-corrected chi connectivity index (χ0v) is 49.6. The molecular weight excluding hydrogens is 1140 g/mol. The van der Waals surface area contributed by atoms with Gasteiger partial charge in [0.2, 0.25) is 23.6 Å². The lowest BCUT2D eigenvalue weighted by Gasteiger charge is -2.35. The van der Waals surface area contributed by atoms with E-state index in [1.54, 1.807) is 40.7 Å². The molecule has 1 saturated heterocycles. The second kappa shape index (κ2) is 27.9. The topological polar surface area (TPSA) is 229 Å². The van der Waals surface area contributed by atoms with Crippen LogP contribution in [-0.2, 0) is 41.7 Å². The quantitative estimate of drug-likeness (QED) is 0.0264. The third-order valence-corrected chi connectivity index (χ3v) is 16.5. The molecule has 2 aliphatic heterocycles. The molecule has 10 rings (SSSR count). The Morgan fingerprint density at radius 3 is 2.13 bits per heavy atom. The van der Waals surface area contributed by atoms with Crippen LogP contribution in [0.4, 0.5) is 20.2 Å². The summed E-state index contributed by atoms with van der Waals surface area (Å²) in [6, 6.07) is 25.6.